The molecular formula is C21H27NO3. The zero-order valence-electron chi connectivity index (χ0n) is 15.1. The van der Waals surface area contributed by atoms with Crippen LogP contribution in [0.2, 0.25) is 0 Å². The lowest BCUT2D eigenvalue weighted by Crippen LogP contribution is -2.23. The highest BCUT2D eigenvalue weighted by atomic mass is 16.5. The van der Waals surface area contributed by atoms with E-state index in [0.717, 1.165) is 47.2 Å². The highest BCUT2D eigenvalue weighted by molar-refractivity contribution is 5.96. The molecule has 0 amide bonds. The van der Waals surface area contributed by atoms with Crippen molar-refractivity contribution >= 4 is 11.5 Å². The molecule has 3 atom stereocenters. The molecule has 1 N–H and O–H groups in total. The van der Waals surface area contributed by atoms with Crippen LogP contribution in [0, 0.1) is 11.8 Å². The Hall–Kier alpha value is -1.97. The van der Waals surface area contributed by atoms with Gasteiger partial charge in [0.1, 0.15) is 6.10 Å². The average Bonchev–Trinajstić information content (AvgIpc) is 3.22. The van der Waals surface area contributed by atoms with E-state index in [9.17, 15) is 4.79 Å². The lowest BCUT2D eigenvalue weighted by molar-refractivity contribution is -0.116. The zero-order valence-corrected chi connectivity index (χ0v) is 15.1. The molecule has 0 saturated heterocycles. The molecular weight excluding hydrogens is 314 g/mol. The van der Waals surface area contributed by atoms with E-state index < -0.39 is 0 Å². The number of hydrogen-bond donors (Lipinski definition) is 1. The number of allylic oxidation sites excluding steroid dienone is 2. The highest BCUT2D eigenvalue weighted by Crippen LogP contribution is 2.47. The van der Waals surface area contributed by atoms with Gasteiger partial charge in [-0.05, 0) is 69.4 Å². The summed E-state index contributed by atoms with van der Waals surface area (Å²) in [6, 6.07) is 5.96. The summed E-state index contributed by atoms with van der Waals surface area (Å²) in [4.78, 5) is 11.9. The van der Waals surface area contributed by atoms with Gasteiger partial charge in [0.2, 0.25) is 0 Å². The quantitative estimate of drug-likeness (QED) is 0.843. The first-order valence-corrected chi connectivity index (χ1v) is 9.48. The molecule has 1 aromatic carbocycles. The minimum absolute atomic E-state index is 0.251. The maximum Gasteiger partial charge on any atom is 0.163 e. The van der Waals surface area contributed by atoms with Gasteiger partial charge < -0.3 is 14.8 Å². The van der Waals surface area contributed by atoms with Crippen molar-refractivity contribution in [2.24, 2.45) is 11.8 Å². The summed E-state index contributed by atoms with van der Waals surface area (Å²) >= 11 is 0. The minimum Gasteiger partial charge on any atom is -0.493 e. The van der Waals surface area contributed by atoms with E-state index in [1.165, 1.54) is 25.7 Å². The molecule has 1 aromatic rings. The number of fused-ring (bicyclic) bond motifs is 2. The van der Waals surface area contributed by atoms with Crippen LogP contribution in [0.5, 0.6) is 11.5 Å². The Bertz CT molecular complexity index is 709. The first-order chi connectivity index (χ1) is 12.1. The number of nitrogens with one attached hydrogen (secondary N) is 1. The summed E-state index contributed by atoms with van der Waals surface area (Å²) < 4.78 is 11.9. The monoisotopic (exact) mass is 341 g/mol. The van der Waals surface area contributed by atoms with Gasteiger partial charge in [0.15, 0.2) is 17.3 Å². The Morgan fingerprint density at radius 3 is 2.72 bits per heavy atom. The number of ether oxygens (including phenoxy) is 2. The standard InChI is InChI=1S/C21H27NO3/c1-13-17(4-3-5-18(13)23)22-16-8-9-19(24-2)21(12-16)25-20-11-14-6-7-15(20)10-14/h8-9,12,14-15,20,22H,3-7,10-11H2,1-2H3. The van der Waals surface area contributed by atoms with Crippen LogP contribution in [0.4, 0.5) is 5.69 Å². The lowest BCUT2D eigenvalue weighted by atomic mass is 9.96. The van der Waals surface area contributed by atoms with Crippen LogP contribution in [0.25, 0.3) is 0 Å². The smallest absolute Gasteiger partial charge is 0.163 e. The molecule has 3 aliphatic carbocycles. The van der Waals surface area contributed by atoms with E-state index in [2.05, 4.69) is 5.32 Å². The Morgan fingerprint density at radius 2 is 2.00 bits per heavy atom. The second kappa shape index (κ2) is 6.74. The molecule has 0 aromatic heterocycles. The third-order valence-corrected chi connectivity index (χ3v) is 6.11. The average molecular weight is 341 g/mol. The van der Waals surface area contributed by atoms with E-state index >= 15 is 0 Å². The highest BCUT2D eigenvalue weighted by Gasteiger charge is 2.41. The molecule has 4 heteroatoms. The molecule has 3 unspecified atom stereocenters. The van der Waals surface area contributed by atoms with Gasteiger partial charge in [-0.15, -0.1) is 0 Å². The van der Waals surface area contributed by atoms with Crippen molar-refractivity contribution in [3.05, 3.63) is 29.5 Å². The number of hydrogen-bond acceptors (Lipinski definition) is 4. The van der Waals surface area contributed by atoms with Gasteiger partial charge in [0.05, 0.1) is 7.11 Å². The number of carbonyl (C=O) groups is 1. The Labute approximate surface area is 149 Å². The number of ketones is 1. The molecule has 4 rings (SSSR count). The molecule has 2 fully saturated rings. The molecule has 3 aliphatic rings. The molecule has 4 nitrogen and oxygen atoms in total. The minimum atomic E-state index is 0.251. The number of Topliss-reactive ketones (excluding diaryl/α,β-unsaturated/α-hetero) is 1. The van der Waals surface area contributed by atoms with Gasteiger partial charge in [0, 0.05) is 29.4 Å². The van der Waals surface area contributed by atoms with Crippen molar-refractivity contribution in [1.29, 1.82) is 0 Å². The summed E-state index contributed by atoms with van der Waals surface area (Å²) in [7, 11) is 1.68. The van der Waals surface area contributed by atoms with Crippen LogP contribution in [-0.2, 0) is 4.79 Å². The fraction of sp³-hybridized carbons (Fsp3) is 0.571. The molecule has 2 saturated carbocycles. The number of carbonyl (C=O) groups excluding carboxylic acids is 1. The summed E-state index contributed by atoms with van der Waals surface area (Å²) in [6.45, 7) is 1.92. The molecule has 2 bridgehead atoms. The van der Waals surface area contributed by atoms with Crippen LogP contribution >= 0.6 is 0 Å². The van der Waals surface area contributed by atoms with Crippen LogP contribution in [-0.4, -0.2) is 19.0 Å². The van der Waals surface area contributed by atoms with E-state index in [0.29, 0.717) is 18.4 Å². The number of methoxy groups -OCH3 is 1. The molecule has 25 heavy (non-hydrogen) atoms. The zero-order chi connectivity index (χ0) is 17.4. The maximum atomic E-state index is 11.9. The Balaban J connectivity index is 1.54. The SMILES string of the molecule is COc1ccc(NC2=C(C)C(=O)CCC2)cc1OC1CC2CCC1C2. The second-order valence-corrected chi connectivity index (χ2v) is 7.70. The number of rotatable bonds is 5. The van der Waals surface area contributed by atoms with Crippen molar-refractivity contribution in [2.45, 2.75) is 58.0 Å². The molecule has 0 heterocycles. The van der Waals surface area contributed by atoms with Crippen molar-refractivity contribution < 1.29 is 14.3 Å². The van der Waals surface area contributed by atoms with E-state index in [1.807, 2.05) is 25.1 Å². The predicted octanol–water partition coefficient (Wildman–Crippen LogP) is 4.70. The third-order valence-electron chi connectivity index (χ3n) is 6.11. The van der Waals surface area contributed by atoms with Gasteiger partial charge in [-0.2, -0.15) is 0 Å². The summed E-state index contributed by atoms with van der Waals surface area (Å²) in [5, 5.41) is 3.43. The fourth-order valence-electron chi connectivity index (χ4n) is 4.64. The van der Waals surface area contributed by atoms with Gasteiger partial charge >= 0.3 is 0 Å². The van der Waals surface area contributed by atoms with Gasteiger partial charge in [-0.3, -0.25) is 4.79 Å². The van der Waals surface area contributed by atoms with E-state index in [4.69, 9.17) is 9.47 Å². The number of anilines is 1. The predicted molar refractivity (Wildman–Crippen MR) is 98.0 cm³/mol. The first-order valence-electron chi connectivity index (χ1n) is 9.48. The third kappa shape index (κ3) is 3.26. The van der Waals surface area contributed by atoms with Crippen molar-refractivity contribution in [3.8, 4) is 11.5 Å². The van der Waals surface area contributed by atoms with Gasteiger partial charge in [-0.1, -0.05) is 0 Å². The molecule has 0 radical (unpaired) electrons. The van der Waals surface area contributed by atoms with E-state index in [1.54, 1.807) is 7.11 Å². The normalized spacial score (nSPS) is 28.4. The topological polar surface area (TPSA) is 47.6 Å². The first kappa shape index (κ1) is 16.5. The number of benzene rings is 1. The van der Waals surface area contributed by atoms with Crippen LogP contribution in [0.3, 0.4) is 0 Å². The Morgan fingerprint density at radius 1 is 1.12 bits per heavy atom. The lowest BCUT2D eigenvalue weighted by Gasteiger charge is -2.25. The van der Waals surface area contributed by atoms with Crippen molar-refractivity contribution in [1.82, 2.24) is 0 Å². The van der Waals surface area contributed by atoms with Crippen LogP contribution in [0.1, 0.15) is 51.9 Å². The van der Waals surface area contributed by atoms with Crippen LogP contribution < -0.4 is 14.8 Å². The van der Waals surface area contributed by atoms with Crippen LogP contribution in [0.15, 0.2) is 29.5 Å². The second-order valence-electron chi connectivity index (χ2n) is 7.70. The largest absolute Gasteiger partial charge is 0.493 e. The fourth-order valence-corrected chi connectivity index (χ4v) is 4.64. The maximum absolute atomic E-state index is 11.9. The molecule has 0 spiro atoms. The summed E-state index contributed by atoms with van der Waals surface area (Å²) in [5.74, 6) is 3.39. The van der Waals surface area contributed by atoms with Crippen molar-refractivity contribution in [2.75, 3.05) is 12.4 Å². The van der Waals surface area contributed by atoms with E-state index in [-0.39, 0.29) is 5.78 Å². The molecule has 134 valence electrons. The van der Waals surface area contributed by atoms with Crippen molar-refractivity contribution in [3.63, 3.8) is 0 Å². The van der Waals surface area contributed by atoms with Gasteiger partial charge in [-0.25, -0.2) is 0 Å². The summed E-state index contributed by atoms with van der Waals surface area (Å²) in [6.07, 6.45) is 7.98. The summed E-state index contributed by atoms with van der Waals surface area (Å²) in [5.41, 5.74) is 2.85. The van der Waals surface area contributed by atoms with Gasteiger partial charge in [0.25, 0.3) is 0 Å². The Kier molecular flexibility index (Phi) is 4.45. The molecule has 0 aliphatic heterocycles.